The van der Waals surface area contributed by atoms with E-state index in [4.69, 9.17) is 4.74 Å². The van der Waals surface area contributed by atoms with Crippen LogP contribution >= 0.6 is 11.8 Å². The van der Waals surface area contributed by atoms with Crippen LogP contribution in [0.3, 0.4) is 0 Å². The van der Waals surface area contributed by atoms with Gasteiger partial charge in [-0.15, -0.1) is 10.2 Å². The van der Waals surface area contributed by atoms with Crippen molar-refractivity contribution in [2.75, 3.05) is 6.61 Å². The number of hydrogen-bond acceptors (Lipinski definition) is 4. The standard InChI is InChI=1S/C21H25N3OS/c1-15(2)13-25-19-10-8-18(9-11-19)20-22-23-21(24(20)4)26-14-17-7-5-6-16(3)12-17/h5-12,15H,13-14H2,1-4H3. The van der Waals surface area contributed by atoms with Crippen molar-refractivity contribution in [3.63, 3.8) is 0 Å². The zero-order chi connectivity index (χ0) is 18.5. The number of nitrogens with zero attached hydrogens (tertiary/aromatic N) is 3. The second-order valence-electron chi connectivity index (χ2n) is 6.87. The first-order valence-corrected chi connectivity index (χ1v) is 9.82. The number of aromatic nitrogens is 3. The summed E-state index contributed by atoms with van der Waals surface area (Å²) in [4.78, 5) is 0. The molecule has 0 amide bonds. The molecule has 0 saturated carbocycles. The second kappa shape index (κ2) is 8.41. The van der Waals surface area contributed by atoms with Crippen LogP contribution in [0.5, 0.6) is 5.75 Å². The number of benzene rings is 2. The van der Waals surface area contributed by atoms with E-state index in [-0.39, 0.29) is 0 Å². The predicted octanol–water partition coefficient (Wildman–Crippen LogP) is 5.12. The van der Waals surface area contributed by atoms with Crippen LogP contribution in [-0.2, 0) is 12.8 Å². The predicted molar refractivity (Wildman–Crippen MR) is 108 cm³/mol. The van der Waals surface area contributed by atoms with Gasteiger partial charge in [0, 0.05) is 18.4 Å². The molecule has 0 aliphatic heterocycles. The van der Waals surface area contributed by atoms with Crippen LogP contribution in [0.25, 0.3) is 11.4 Å². The van der Waals surface area contributed by atoms with E-state index in [1.807, 2.05) is 35.9 Å². The van der Waals surface area contributed by atoms with Gasteiger partial charge in [0.2, 0.25) is 0 Å². The van der Waals surface area contributed by atoms with Crippen molar-refractivity contribution >= 4 is 11.8 Å². The summed E-state index contributed by atoms with van der Waals surface area (Å²) in [6, 6.07) is 16.6. The fourth-order valence-electron chi connectivity index (χ4n) is 2.60. The molecule has 0 spiro atoms. The molecule has 1 aromatic heterocycles. The van der Waals surface area contributed by atoms with Crippen molar-refractivity contribution in [3.05, 3.63) is 59.7 Å². The lowest BCUT2D eigenvalue weighted by molar-refractivity contribution is 0.271. The summed E-state index contributed by atoms with van der Waals surface area (Å²) in [5.41, 5.74) is 3.62. The van der Waals surface area contributed by atoms with Gasteiger partial charge in [-0.05, 0) is 42.7 Å². The number of rotatable bonds is 7. The first-order chi connectivity index (χ1) is 12.5. The van der Waals surface area contributed by atoms with Gasteiger partial charge in [0.1, 0.15) is 5.75 Å². The molecule has 136 valence electrons. The van der Waals surface area contributed by atoms with Crippen molar-refractivity contribution in [1.29, 1.82) is 0 Å². The van der Waals surface area contributed by atoms with E-state index in [2.05, 4.69) is 55.2 Å². The molecule has 0 fully saturated rings. The smallest absolute Gasteiger partial charge is 0.191 e. The highest BCUT2D eigenvalue weighted by molar-refractivity contribution is 7.98. The van der Waals surface area contributed by atoms with Crippen LogP contribution in [0.4, 0.5) is 0 Å². The van der Waals surface area contributed by atoms with Gasteiger partial charge in [-0.1, -0.05) is 55.4 Å². The molecule has 0 aliphatic carbocycles. The molecule has 0 atom stereocenters. The lowest BCUT2D eigenvalue weighted by atomic mass is 10.2. The minimum Gasteiger partial charge on any atom is -0.493 e. The van der Waals surface area contributed by atoms with Gasteiger partial charge in [-0.2, -0.15) is 0 Å². The summed E-state index contributed by atoms with van der Waals surface area (Å²) in [6.07, 6.45) is 0. The normalized spacial score (nSPS) is 11.1. The third kappa shape index (κ3) is 4.67. The summed E-state index contributed by atoms with van der Waals surface area (Å²) >= 11 is 1.70. The van der Waals surface area contributed by atoms with Crippen LogP contribution in [0.15, 0.2) is 53.7 Å². The molecular formula is C21H25N3OS. The molecule has 2 aromatic carbocycles. The quantitative estimate of drug-likeness (QED) is 0.544. The largest absolute Gasteiger partial charge is 0.493 e. The van der Waals surface area contributed by atoms with Crippen LogP contribution in [0.2, 0.25) is 0 Å². The third-order valence-electron chi connectivity index (χ3n) is 3.98. The van der Waals surface area contributed by atoms with Crippen LogP contribution in [0, 0.1) is 12.8 Å². The Labute approximate surface area is 159 Å². The lowest BCUT2D eigenvalue weighted by Crippen LogP contribution is -2.04. The van der Waals surface area contributed by atoms with E-state index in [9.17, 15) is 0 Å². The molecule has 0 aliphatic rings. The van der Waals surface area contributed by atoms with Crippen LogP contribution < -0.4 is 4.74 Å². The monoisotopic (exact) mass is 367 g/mol. The SMILES string of the molecule is Cc1cccc(CSc2nnc(-c3ccc(OCC(C)C)cc3)n2C)c1. The lowest BCUT2D eigenvalue weighted by Gasteiger charge is -2.09. The van der Waals surface area contributed by atoms with Gasteiger partial charge >= 0.3 is 0 Å². The Morgan fingerprint density at radius 1 is 1.08 bits per heavy atom. The van der Waals surface area contributed by atoms with E-state index < -0.39 is 0 Å². The van der Waals surface area contributed by atoms with Gasteiger partial charge in [0.15, 0.2) is 11.0 Å². The molecule has 0 radical (unpaired) electrons. The van der Waals surface area contributed by atoms with Gasteiger partial charge in [-0.25, -0.2) is 0 Å². The number of thioether (sulfide) groups is 1. The Hall–Kier alpha value is -2.27. The van der Waals surface area contributed by atoms with Gasteiger partial charge in [-0.3, -0.25) is 0 Å². The van der Waals surface area contributed by atoms with Crippen molar-refractivity contribution in [3.8, 4) is 17.1 Å². The number of hydrogen-bond donors (Lipinski definition) is 0. The summed E-state index contributed by atoms with van der Waals surface area (Å²) < 4.78 is 7.79. The fourth-order valence-corrected chi connectivity index (χ4v) is 3.46. The maximum Gasteiger partial charge on any atom is 0.191 e. The van der Waals surface area contributed by atoms with Crippen molar-refractivity contribution < 1.29 is 4.74 Å². The number of aryl methyl sites for hydroxylation is 1. The molecule has 0 N–H and O–H groups in total. The van der Waals surface area contributed by atoms with E-state index >= 15 is 0 Å². The zero-order valence-corrected chi connectivity index (χ0v) is 16.6. The van der Waals surface area contributed by atoms with E-state index in [0.717, 1.165) is 34.7 Å². The highest BCUT2D eigenvalue weighted by Gasteiger charge is 2.11. The first kappa shape index (κ1) is 18.5. The average Bonchev–Trinajstić information content (AvgIpc) is 2.99. The Morgan fingerprint density at radius 3 is 2.54 bits per heavy atom. The molecule has 3 rings (SSSR count). The average molecular weight is 368 g/mol. The van der Waals surface area contributed by atoms with E-state index in [1.165, 1.54) is 11.1 Å². The summed E-state index contributed by atoms with van der Waals surface area (Å²) in [6.45, 7) is 7.12. The summed E-state index contributed by atoms with van der Waals surface area (Å²) in [5.74, 6) is 3.16. The minimum atomic E-state index is 0.515. The maximum atomic E-state index is 5.74. The Bertz CT molecular complexity index is 856. The van der Waals surface area contributed by atoms with Gasteiger partial charge in [0.25, 0.3) is 0 Å². The van der Waals surface area contributed by atoms with Crippen molar-refractivity contribution in [2.45, 2.75) is 31.7 Å². The fraction of sp³-hybridized carbons (Fsp3) is 0.333. The molecule has 0 bridgehead atoms. The van der Waals surface area contributed by atoms with E-state index in [1.54, 1.807) is 11.8 Å². The van der Waals surface area contributed by atoms with E-state index in [0.29, 0.717) is 5.92 Å². The number of ether oxygens (including phenoxy) is 1. The highest BCUT2D eigenvalue weighted by Crippen LogP contribution is 2.26. The third-order valence-corrected chi connectivity index (χ3v) is 5.07. The molecule has 4 nitrogen and oxygen atoms in total. The molecule has 3 aromatic rings. The summed E-state index contributed by atoms with van der Waals surface area (Å²) in [5, 5.41) is 9.65. The van der Waals surface area contributed by atoms with Gasteiger partial charge in [0.05, 0.1) is 6.61 Å². The van der Waals surface area contributed by atoms with Crippen LogP contribution in [0.1, 0.15) is 25.0 Å². The summed E-state index contributed by atoms with van der Waals surface area (Å²) in [7, 11) is 2.01. The Kier molecular flexibility index (Phi) is 5.99. The Balaban J connectivity index is 1.68. The topological polar surface area (TPSA) is 39.9 Å². The molecule has 26 heavy (non-hydrogen) atoms. The highest BCUT2D eigenvalue weighted by atomic mass is 32.2. The zero-order valence-electron chi connectivity index (χ0n) is 15.8. The Morgan fingerprint density at radius 2 is 1.85 bits per heavy atom. The van der Waals surface area contributed by atoms with Crippen LogP contribution in [-0.4, -0.2) is 21.4 Å². The maximum absolute atomic E-state index is 5.74. The molecule has 0 saturated heterocycles. The first-order valence-electron chi connectivity index (χ1n) is 8.84. The van der Waals surface area contributed by atoms with Crippen molar-refractivity contribution in [1.82, 2.24) is 14.8 Å². The molecular weight excluding hydrogens is 342 g/mol. The molecule has 5 heteroatoms. The van der Waals surface area contributed by atoms with Gasteiger partial charge < -0.3 is 9.30 Å². The minimum absolute atomic E-state index is 0.515. The molecule has 0 unspecified atom stereocenters. The second-order valence-corrected chi connectivity index (χ2v) is 7.81. The molecule has 1 heterocycles. The van der Waals surface area contributed by atoms with Crippen molar-refractivity contribution in [2.24, 2.45) is 13.0 Å².